The van der Waals surface area contributed by atoms with Gasteiger partial charge in [-0.2, -0.15) is 0 Å². The van der Waals surface area contributed by atoms with Gasteiger partial charge in [-0.05, 0) is 17.7 Å². The van der Waals surface area contributed by atoms with Gasteiger partial charge in [-0.3, -0.25) is 0 Å². The minimum Gasteiger partial charge on any atom is -0.535 e. The van der Waals surface area contributed by atoms with Crippen molar-refractivity contribution >= 4 is 23.0 Å². The molecule has 0 saturated heterocycles. The monoisotopic (exact) mass is 226 g/mol. The van der Waals surface area contributed by atoms with Crippen LogP contribution in [0.5, 0.6) is 5.75 Å². The van der Waals surface area contributed by atoms with Crippen LogP contribution in [0.1, 0.15) is 18.3 Å². The highest BCUT2D eigenvalue weighted by atomic mass is 79.9. The molecular weight excluding hydrogens is 219 g/mol. The van der Waals surface area contributed by atoms with Crippen molar-refractivity contribution in [2.24, 2.45) is 0 Å². The predicted molar refractivity (Wildman–Crippen MR) is 51.2 cm³/mol. The minimum atomic E-state index is -0.686. The fraction of sp³-hybridized carbons (Fsp3) is 0.250. The van der Waals surface area contributed by atoms with E-state index in [1.54, 1.807) is 0 Å². The predicted octanol–water partition coefficient (Wildman–Crippen LogP) is 1.96. The molecule has 0 fully saturated rings. The minimum absolute atomic E-state index is 0.0769. The molecule has 12 heavy (non-hydrogen) atoms. The molecule has 0 saturated carbocycles. The number of hydrogen-bond acceptors (Lipinski definition) is 2. The van der Waals surface area contributed by atoms with Gasteiger partial charge < -0.3 is 9.68 Å². The van der Waals surface area contributed by atoms with E-state index in [1.165, 1.54) is 0 Å². The SMILES string of the molecule is CC1B(O)Oc2cc(Br)ccc21. The summed E-state index contributed by atoms with van der Waals surface area (Å²) < 4.78 is 6.20. The molecule has 4 heteroatoms. The van der Waals surface area contributed by atoms with Crippen LogP contribution in [-0.4, -0.2) is 12.1 Å². The first-order valence-electron chi connectivity index (χ1n) is 3.82. The van der Waals surface area contributed by atoms with E-state index in [1.807, 2.05) is 25.1 Å². The quantitative estimate of drug-likeness (QED) is 0.686. The average Bonchev–Trinajstić information content (AvgIpc) is 2.28. The Balaban J connectivity index is 2.47. The molecule has 1 N–H and O–H groups in total. The summed E-state index contributed by atoms with van der Waals surface area (Å²) in [5, 5.41) is 9.37. The molecule has 1 aromatic rings. The van der Waals surface area contributed by atoms with E-state index in [2.05, 4.69) is 15.9 Å². The number of fused-ring (bicyclic) bond motifs is 1. The maximum absolute atomic E-state index is 9.37. The van der Waals surface area contributed by atoms with Gasteiger partial charge in [0.1, 0.15) is 5.75 Å². The van der Waals surface area contributed by atoms with Gasteiger partial charge in [-0.15, -0.1) is 0 Å². The van der Waals surface area contributed by atoms with Gasteiger partial charge in [0.15, 0.2) is 0 Å². The zero-order valence-corrected chi connectivity index (χ0v) is 8.21. The highest BCUT2D eigenvalue weighted by Gasteiger charge is 2.35. The van der Waals surface area contributed by atoms with E-state index in [0.717, 1.165) is 15.8 Å². The molecule has 0 aromatic heterocycles. The molecule has 1 unspecified atom stereocenters. The van der Waals surface area contributed by atoms with Gasteiger partial charge in [-0.1, -0.05) is 28.9 Å². The van der Waals surface area contributed by atoms with E-state index >= 15 is 0 Å². The molecular formula is C8H8BBrO2. The van der Waals surface area contributed by atoms with Gasteiger partial charge in [-0.25, -0.2) is 0 Å². The third-order valence-electron chi connectivity index (χ3n) is 2.14. The lowest BCUT2D eigenvalue weighted by Gasteiger charge is -1.99. The number of rotatable bonds is 0. The molecule has 1 atom stereocenters. The Bertz CT molecular complexity index is 316. The topological polar surface area (TPSA) is 29.5 Å². The standard InChI is InChI=1S/C8H8BBrO2/c1-5-7-3-2-6(10)4-8(7)12-9(5)11/h2-5,11H,1H3. The molecule has 1 heterocycles. The molecule has 0 aliphatic carbocycles. The van der Waals surface area contributed by atoms with Crippen LogP contribution in [-0.2, 0) is 0 Å². The molecule has 0 spiro atoms. The maximum atomic E-state index is 9.37. The van der Waals surface area contributed by atoms with Crippen molar-refractivity contribution in [1.82, 2.24) is 0 Å². The van der Waals surface area contributed by atoms with Crippen LogP contribution in [0.4, 0.5) is 0 Å². The zero-order chi connectivity index (χ0) is 8.72. The van der Waals surface area contributed by atoms with E-state index in [9.17, 15) is 5.02 Å². The second-order valence-electron chi connectivity index (χ2n) is 2.98. The Kier molecular flexibility index (Phi) is 1.89. The Morgan fingerprint density at radius 3 is 3.08 bits per heavy atom. The first-order valence-corrected chi connectivity index (χ1v) is 4.62. The molecule has 0 bridgehead atoms. The Hall–Kier alpha value is -0.475. The summed E-state index contributed by atoms with van der Waals surface area (Å²) in [7, 11) is -0.686. The Morgan fingerprint density at radius 2 is 2.33 bits per heavy atom. The summed E-state index contributed by atoms with van der Waals surface area (Å²) in [5.74, 6) is 0.859. The Labute approximate surface area is 79.8 Å². The van der Waals surface area contributed by atoms with Crippen molar-refractivity contribution < 1.29 is 9.68 Å². The van der Waals surface area contributed by atoms with Crippen molar-refractivity contribution in [1.29, 1.82) is 0 Å². The summed E-state index contributed by atoms with van der Waals surface area (Å²) in [6.45, 7) is 1.95. The molecule has 2 nitrogen and oxygen atoms in total. The lowest BCUT2D eigenvalue weighted by Crippen LogP contribution is -2.21. The van der Waals surface area contributed by atoms with Crippen LogP contribution in [0.25, 0.3) is 0 Å². The van der Waals surface area contributed by atoms with Crippen LogP contribution >= 0.6 is 15.9 Å². The first kappa shape index (κ1) is 8.14. The largest absolute Gasteiger partial charge is 0.535 e. The third-order valence-corrected chi connectivity index (χ3v) is 2.63. The molecule has 1 aromatic carbocycles. The summed E-state index contributed by atoms with van der Waals surface area (Å²) in [5.41, 5.74) is 1.07. The molecule has 0 radical (unpaired) electrons. The van der Waals surface area contributed by atoms with E-state index in [4.69, 9.17) is 4.65 Å². The zero-order valence-electron chi connectivity index (χ0n) is 6.62. The highest BCUT2D eigenvalue weighted by Crippen LogP contribution is 2.36. The van der Waals surface area contributed by atoms with Crippen molar-refractivity contribution in [2.45, 2.75) is 12.7 Å². The molecule has 1 aliphatic heterocycles. The summed E-state index contributed by atoms with van der Waals surface area (Å²) >= 11 is 3.34. The number of halogens is 1. The first-order chi connectivity index (χ1) is 5.68. The van der Waals surface area contributed by atoms with Gasteiger partial charge in [0, 0.05) is 10.3 Å². The maximum Gasteiger partial charge on any atom is 0.530 e. The highest BCUT2D eigenvalue weighted by molar-refractivity contribution is 9.10. The number of hydrogen-bond donors (Lipinski definition) is 1. The van der Waals surface area contributed by atoms with Gasteiger partial charge in [0.25, 0.3) is 0 Å². The average molecular weight is 227 g/mol. The fourth-order valence-corrected chi connectivity index (χ4v) is 1.71. The summed E-state index contributed by atoms with van der Waals surface area (Å²) in [6.07, 6.45) is 0. The van der Waals surface area contributed by atoms with Crippen LogP contribution in [0.2, 0.25) is 0 Å². The van der Waals surface area contributed by atoms with E-state index < -0.39 is 7.12 Å². The summed E-state index contributed by atoms with van der Waals surface area (Å²) in [4.78, 5) is 0. The van der Waals surface area contributed by atoms with Crippen molar-refractivity contribution in [3.63, 3.8) is 0 Å². The fourth-order valence-electron chi connectivity index (χ4n) is 1.37. The third kappa shape index (κ3) is 1.15. The molecule has 0 amide bonds. The lowest BCUT2D eigenvalue weighted by molar-refractivity contribution is 0.423. The second-order valence-corrected chi connectivity index (χ2v) is 3.89. The smallest absolute Gasteiger partial charge is 0.530 e. The second kappa shape index (κ2) is 2.78. The van der Waals surface area contributed by atoms with E-state index in [0.29, 0.717) is 0 Å². The van der Waals surface area contributed by atoms with Crippen LogP contribution in [0.15, 0.2) is 22.7 Å². The normalized spacial score (nSPS) is 20.6. The van der Waals surface area contributed by atoms with Crippen LogP contribution in [0, 0.1) is 0 Å². The molecule has 1 aliphatic rings. The Morgan fingerprint density at radius 1 is 1.58 bits per heavy atom. The van der Waals surface area contributed by atoms with Crippen LogP contribution < -0.4 is 4.65 Å². The van der Waals surface area contributed by atoms with Gasteiger partial charge >= 0.3 is 7.12 Å². The molecule has 2 rings (SSSR count). The van der Waals surface area contributed by atoms with Crippen molar-refractivity contribution in [2.75, 3.05) is 0 Å². The number of benzene rings is 1. The van der Waals surface area contributed by atoms with Crippen molar-refractivity contribution in [3.8, 4) is 5.75 Å². The molecule has 62 valence electrons. The van der Waals surface area contributed by atoms with Gasteiger partial charge in [0.2, 0.25) is 0 Å². The van der Waals surface area contributed by atoms with Gasteiger partial charge in [0.05, 0.1) is 0 Å². The van der Waals surface area contributed by atoms with E-state index in [-0.39, 0.29) is 5.82 Å². The summed E-state index contributed by atoms with van der Waals surface area (Å²) in [6, 6.07) is 5.80. The van der Waals surface area contributed by atoms with Crippen molar-refractivity contribution in [3.05, 3.63) is 28.2 Å². The van der Waals surface area contributed by atoms with Crippen LogP contribution in [0.3, 0.4) is 0 Å². The lowest BCUT2D eigenvalue weighted by atomic mass is 9.72.